The fourth-order valence-corrected chi connectivity index (χ4v) is 4.43. The van der Waals surface area contributed by atoms with E-state index in [4.69, 9.17) is 4.74 Å². The van der Waals surface area contributed by atoms with Crippen LogP contribution in [0.4, 0.5) is 5.69 Å². The van der Waals surface area contributed by atoms with Crippen LogP contribution in [0.1, 0.15) is 22.7 Å². The van der Waals surface area contributed by atoms with Gasteiger partial charge in [0.1, 0.15) is 6.04 Å². The van der Waals surface area contributed by atoms with Crippen molar-refractivity contribution in [3.05, 3.63) is 65.2 Å². The molecule has 0 saturated carbocycles. The molecule has 30 heavy (non-hydrogen) atoms. The second kappa shape index (κ2) is 8.88. The molecular weight excluding hydrogens is 378 g/mol. The van der Waals surface area contributed by atoms with Gasteiger partial charge in [0.15, 0.2) is 0 Å². The van der Waals surface area contributed by atoms with Crippen LogP contribution in [-0.2, 0) is 20.7 Å². The van der Waals surface area contributed by atoms with Crippen LogP contribution >= 0.6 is 0 Å². The largest absolute Gasteiger partial charge is 0.383 e. The molecular formula is C24H29N3O3. The van der Waals surface area contributed by atoms with Crippen LogP contribution in [0, 0.1) is 6.92 Å². The van der Waals surface area contributed by atoms with Crippen LogP contribution < -0.4 is 4.90 Å². The molecule has 1 atom stereocenters. The number of hydrogen-bond acceptors (Lipinski definition) is 4. The summed E-state index contributed by atoms with van der Waals surface area (Å²) in [5.74, 6) is -0.00186. The lowest BCUT2D eigenvalue weighted by Crippen LogP contribution is -2.54. The molecule has 4 rings (SSSR count). The second-order valence-electron chi connectivity index (χ2n) is 8.01. The topological polar surface area (TPSA) is 53.1 Å². The van der Waals surface area contributed by atoms with Gasteiger partial charge in [-0.1, -0.05) is 36.4 Å². The first-order valence-corrected chi connectivity index (χ1v) is 10.5. The summed E-state index contributed by atoms with van der Waals surface area (Å²) in [4.78, 5) is 32.3. The molecule has 1 unspecified atom stereocenters. The molecule has 0 radical (unpaired) electrons. The van der Waals surface area contributed by atoms with Gasteiger partial charge >= 0.3 is 0 Å². The summed E-state index contributed by atoms with van der Waals surface area (Å²) < 4.78 is 5.20. The first-order valence-electron chi connectivity index (χ1n) is 10.5. The Balaban J connectivity index is 1.53. The number of anilines is 1. The Hall–Kier alpha value is -2.86. The molecule has 2 aromatic rings. The normalized spacial score (nSPS) is 19.1. The third-order valence-electron chi connectivity index (χ3n) is 6.05. The highest BCUT2D eigenvalue weighted by molar-refractivity contribution is 5.92. The van der Waals surface area contributed by atoms with Crippen molar-refractivity contribution in [3.63, 3.8) is 0 Å². The lowest BCUT2D eigenvalue weighted by atomic mass is 9.91. The maximum Gasteiger partial charge on any atom is 0.250 e. The van der Waals surface area contributed by atoms with Crippen molar-refractivity contribution in [1.29, 1.82) is 0 Å². The van der Waals surface area contributed by atoms with Crippen molar-refractivity contribution >= 4 is 17.5 Å². The van der Waals surface area contributed by atoms with E-state index in [1.165, 1.54) is 11.3 Å². The van der Waals surface area contributed by atoms with Gasteiger partial charge in [-0.25, -0.2) is 0 Å². The van der Waals surface area contributed by atoms with E-state index in [9.17, 15) is 9.59 Å². The monoisotopic (exact) mass is 407 g/mol. The van der Waals surface area contributed by atoms with Crippen LogP contribution in [0.15, 0.2) is 48.5 Å². The number of nitrogens with zero attached hydrogens (tertiary/aromatic N) is 3. The van der Waals surface area contributed by atoms with Gasteiger partial charge in [0, 0.05) is 45.5 Å². The molecule has 2 amide bonds. The van der Waals surface area contributed by atoms with Gasteiger partial charge in [-0.05, 0) is 35.7 Å². The number of carbonyl (C=O) groups is 2. The minimum absolute atomic E-state index is 0.00972. The Morgan fingerprint density at radius 1 is 1.07 bits per heavy atom. The summed E-state index contributed by atoms with van der Waals surface area (Å²) in [7, 11) is 1.61. The lowest BCUT2D eigenvalue weighted by molar-refractivity contribution is -0.147. The van der Waals surface area contributed by atoms with Crippen molar-refractivity contribution in [1.82, 2.24) is 9.80 Å². The number of amides is 2. The zero-order valence-corrected chi connectivity index (χ0v) is 17.7. The van der Waals surface area contributed by atoms with Crippen molar-refractivity contribution in [2.24, 2.45) is 0 Å². The summed E-state index contributed by atoms with van der Waals surface area (Å²) in [5.41, 5.74) is 4.33. The fourth-order valence-electron chi connectivity index (χ4n) is 4.43. The Labute approximate surface area is 178 Å². The van der Waals surface area contributed by atoms with E-state index in [2.05, 4.69) is 36.1 Å². The number of benzene rings is 2. The smallest absolute Gasteiger partial charge is 0.250 e. The minimum atomic E-state index is -0.567. The molecule has 6 nitrogen and oxygen atoms in total. The number of carbonyl (C=O) groups excluding carboxylic acids is 2. The van der Waals surface area contributed by atoms with E-state index < -0.39 is 6.04 Å². The standard InChI is InChI=1S/C24H29N3O3/c1-18-6-5-8-20(16-18)25-10-12-26(13-11-25)24(29)23-21-9-4-3-7-19(21)17-22(28)27(23)14-15-30-2/h3-9,16,23H,10-15,17H2,1-2H3. The quantitative estimate of drug-likeness (QED) is 0.764. The molecule has 2 aliphatic rings. The maximum absolute atomic E-state index is 13.6. The molecule has 1 saturated heterocycles. The number of methoxy groups -OCH3 is 1. The van der Waals surface area contributed by atoms with E-state index >= 15 is 0 Å². The van der Waals surface area contributed by atoms with Crippen molar-refractivity contribution in [2.75, 3.05) is 51.3 Å². The van der Waals surface area contributed by atoms with Crippen molar-refractivity contribution < 1.29 is 14.3 Å². The van der Waals surface area contributed by atoms with E-state index in [0.717, 1.165) is 24.2 Å². The van der Waals surface area contributed by atoms with Crippen LogP contribution in [0.25, 0.3) is 0 Å². The first-order chi connectivity index (χ1) is 14.6. The number of fused-ring (bicyclic) bond motifs is 1. The number of hydrogen-bond donors (Lipinski definition) is 0. The number of piperazine rings is 1. The van der Waals surface area contributed by atoms with Gasteiger partial charge in [-0.2, -0.15) is 0 Å². The average molecular weight is 408 g/mol. The third kappa shape index (κ3) is 4.05. The SMILES string of the molecule is COCCN1C(=O)Cc2ccccc2C1C(=O)N1CCN(c2cccc(C)c2)CC1. The Kier molecular flexibility index (Phi) is 6.04. The highest BCUT2D eigenvalue weighted by atomic mass is 16.5. The molecule has 2 aromatic carbocycles. The highest BCUT2D eigenvalue weighted by Gasteiger charge is 2.39. The van der Waals surface area contributed by atoms with Gasteiger partial charge in [-0.15, -0.1) is 0 Å². The van der Waals surface area contributed by atoms with Gasteiger partial charge in [0.2, 0.25) is 11.8 Å². The molecule has 0 spiro atoms. The minimum Gasteiger partial charge on any atom is -0.383 e. The van der Waals surface area contributed by atoms with E-state index in [1.807, 2.05) is 29.2 Å². The molecule has 2 aliphatic heterocycles. The van der Waals surface area contributed by atoms with Gasteiger partial charge in [0.05, 0.1) is 13.0 Å². The zero-order chi connectivity index (χ0) is 21.1. The van der Waals surface area contributed by atoms with Crippen LogP contribution in [0.5, 0.6) is 0 Å². The molecule has 1 fully saturated rings. The molecule has 6 heteroatoms. The van der Waals surface area contributed by atoms with Gasteiger partial charge in [-0.3, -0.25) is 9.59 Å². The lowest BCUT2D eigenvalue weighted by Gasteiger charge is -2.42. The van der Waals surface area contributed by atoms with Crippen LogP contribution in [0.2, 0.25) is 0 Å². The number of rotatable bonds is 5. The molecule has 0 bridgehead atoms. The van der Waals surface area contributed by atoms with Crippen molar-refractivity contribution in [2.45, 2.75) is 19.4 Å². The Bertz CT molecular complexity index is 921. The van der Waals surface area contributed by atoms with Crippen molar-refractivity contribution in [3.8, 4) is 0 Å². The predicted molar refractivity (Wildman–Crippen MR) is 116 cm³/mol. The summed E-state index contributed by atoms with van der Waals surface area (Å²) >= 11 is 0. The third-order valence-corrected chi connectivity index (χ3v) is 6.05. The molecule has 2 heterocycles. The first kappa shape index (κ1) is 20.4. The van der Waals surface area contributed by atoms with E-state index in [-0.39, 0.29) is 11.8 Å². The molecule has 0 aliphatic carbocycles. The second-order valence-corrected chi connectivity index (χ2v) is 8.01. The fraction of sp³-hybridized carbons (Fsp3) is 0.417. The van der Waals surface area contributed by atoms with Crippen LogP contribution in [0.3, 0.4) is 0 Å². The molecule has 158 valence electrons. The maximum atomic E-state index is 13.6. The average Bonchev–Trinajstić information content (AvgIpc) is 2.77. The summed E-state index contributed by atoms with van der Waals surface area (Å²) in [5, 5.41) is 0. The number of ether oxygens (including phenoxy) is 1. The van der Waals surface area contributed by atoms with E-state index in [0.29, 0.717) is 32.7 Å². The van der Waals surface area contributed by atoms with Crippen LogP contribution in [-0.4, -0.2) is 68.1 Å². The molecule has 0 N–H and O–H groups in total. The predicted octanol–water partition coefficient (Wildman–Crippen LogP) is 2.42. The molecule has 0 aromatic heterocycles. The summed E-state index contributed by atoms with van der Waals surface area (Å²) in [6, 6.07) is 15.7. The Morgan fingerprint density at radius 2 is 1.83 bits per heavy atom. The van der Waals surface area contributed by atoms with Gasteiger partial charge < -0.3 is 19.4 Å². The number of aryl methyl sites for hydroxylation is 1. The van der Waals surface area contributed by atoms with Gasteiger partial charge in [0.25, 0.3) is 0 Å². The summed E-state index contributed by atoms with van der Waals surface area (Å²) in [6.07, 6.45) is 0.338. The Morgan fingerprint density at radius 3 is 2.57 bits per heavy atom. The zero-order valence-electron chi connectivity index (χ0n) is 17.7. The van der Waals surface area contributed by atoms with E-state index in [1.54, 1.807) is 12.0 Å². The highest BCUT2D eigenvalue weighted by Crippen LogP contribution is 2.32. The summed E-state index contributed by atoms with van der Waals surface area (Å²) in [6.45, 7) is 5.80.